The number of aromatic hydroxyl groups is 1. The zero-order valence-corrected chi connectivity index (χ0v) is 18.0. The van der Waals surface area contributed by atoms with Crippen LogP contribution in [0.1, 0.15) is 25.3 Å². The van der Waals surface area contributed by atoms with Crippen molar-refractivity contribution in [1.82, 2.24) is 16.0 Å². The number of amides is 4. The summed E-state index contributed by atoms with van der Waals surface area (Å²) in [5.74, 6) is -4.45. The summed E-state index contributed by atoms with van der Waals surface area (Å²) < 4.78 is 0. The van der Waals surface area contributed by atoms with Crippen molar-refractivity contribution in [3.8, 4) is 5.75 Å². The van der Waals surface area contributed by atoms with E-state index in [4.69, 9.17) is 16.6 Å². The second-order valence-corrected chi connectivity index (χ2v) is 7.39. The van der Waals surface area contributed by atoms with E-state index in [1.807, 2.05) is 0 Å². The molecule has 0 spiro atoms. The van der Waals surface area contributed by atoms with Crippen LogP contribution in [0, 0.1) is 0 Å². The molecule has 182 valence electrons. The van der Waals surface area contributed by atoms with Crippen LogP contribution in [0.3, 0.4) is 0 Å². The molecular weight excluding hydrogens is 438 g/mol. The number of phenols is 1. The lowest BCUT2D eigenvalue weighted by atomic mass is 10.0. The van der Waals surface area contributed by atoms with Crippen LogP contribution < -0.4 is 27.4 Å². The molecule has 0 aliphatic carbocycles. The lowest BCUT2D eigenvalue weighted by molar-refractivity contribution is -0.144. The third kappa shape index (κ3) is 9.97. The zero-order valence-electron chi connectivity index (χ0n) is 18.0. The Balaban J connectivity index is 2.84. The molecule has 1 rings (SSSR count). The van der Waals surface area contributed by atoms with E-state index in [2.05, 4.69) is 16.0 Å². The topological polar surface area (TPSA) is 234 Å². The van der Waals surface area contributed by atoms with Gasteiger partial charge in [0.05, 0.1) is 18.7 Å². The van der Waals surface area contributed by atoms with Crippen molar-refractivity contribution in [1.29, 1.82) is 0 Å². The second-order valence-electron chi connectivity index (χ2n) is 7.39. The summed E-state index contributed by atoms with van der Waals surface area (Å²) in [5, 5.41) is 34.6. The normalized spacial score (nSPS) is 14.3. The quantitative estimate of drug-likeness (QED) is 0.148. The number of benzene rings is 1. The monoisotopic (exact) mass is 467 g/mol. The molecule has 0 saturated heterocycles. The molecule has 0 bridgehead atoms. The third-order valence-corrected chi connectivity index (χ3v) is 4.54. The van der Waals surface area contributed by atoms with Crippen molar-refractivity contribution < 1.29 is 39.3 Å². The minimum Gasteiger partial charge on any atom is -0.508 e. The number of aliphatic hydroxyl groups is 1. The first kappa shape index (κ1) is 27.3. The predicted molar refractivity (Wildman–Crippen MR) is 114 cm³/mol. The van der Waals surface area contributed by atoms with Gasteiger partial charge < -0.3 is 42.7 Å². The van der Waals surface area contributed by atoms with Crippen molar-refractivity contribution >= 4 is 29.6 Å². The van der Waals surface area contributed by atoms with Crippen LogP contribution in [0.15, 0.2) is 24.3 Å². The van der Waals surface area contributed by atoms with E-state index in [0.29, 0.717) is 5.56 Å². The number of carbonyl (C=O) groups is 5. The molecule has 33 heavy (non-hydrogen) atoms. The van der Waals surface area contributed by atoms with Gasteiger partial charge in [0.2, 0.25) is 23.6 Å². The molecule has 10 N–H and O–H groups in total. The van der Waals surface area contributed by atoms with E-state index < -0.39 is 60.4 Å². The SMILES string of the molecule is CC(O)C(NC(=O)CNC(=O)C(Cc1ccc(O)cc1)NC(=O)C(N)CCC(N)=O)C(=O)O. The highest BCUT2D eigenvalue weighted by molar-refractivity contribution is 5.93. The van der Waals surface area contributed by atoms with Gasteiger partial charge in [-0.15, -0.1) is 0 Å². The Morgan fingerprint density at radius 3 is 2.15 bits per heavy atom. The van der Waals surface area contributed by atoms with Crippen molar-refractivity contribution in [3.05, 3.63) is 29.8 Å². The second kappa shape index (κ2) is 13.0. The van der Waals surface area contributed by atoms with Gasteiger partial charge in [-0.05, 0) is 31.0 Å². The van der Waals surface area contributed by atoms with Crippen molar-refractivity contribution in [3.63, 3.8) is 0 Å². The van der Waals surface area contributed by atoms with Gasteiger partial charge in [-0.3, -0.25) is 19.2 Å². The molecule has 1 aromatic carbocycles. The highest BCUT2D eigenvalue weighted by atomic mass is 16.4. The number of aliphatic hydroxyl groups excluding tert-OH is 1. The Kier molecular flexibility index (Phi) is 10.7. The summed E-state index contributed by atoms with van der Waals surface area (Å²) in [6, 6.07) is 1.98. The van der Waals surface area contributed by atoms with Crippen LogP contribution in [-0.4, -0.2) is 75.7 Å². The number of phenolic OH excluding ortho intramolecular Hbond substituents is 1. The fourth-order valence-electron chi connectivity index (χ4n) is 2.69. The van der Waals surface area contributed by atoms with Crippen LogP contribution in [0.2, 0.25) is 0 Å². The van der Waals surface area contributed by atoms with E-state index in [1.54, 1.807) is 0 Å². The molecule has 0 aliphatic heterocycles. The highest BCUT2D eigenvalue weighted by Gasteiger charge is 2.27. The number of carboxylic acid groups (broad SMARTS) is 1. The van der Waals surface area contributed by atoms with Gasteiger partial charge in [0.25, 0.3) is 0 Å². The largest absolute Gasteiger partial charge is 0.508 e. The maximum atomic E-state index is 12.7. The van der Waals surface area contributed by atoms with Gasteiger partial charge in [0, 0.05) is 12.8 Å². The molecule has 13 nitrogen and oxygen atoms in total. The van der Waals surface area contributed by atoms with Gasteiger partial charge in [-0.1, -0.05) is 12.1 Å². The molecule has 0 heterocycles. The Morgan fingerprint density at radius 2 is 1.64 bits per heavy atom. The Morgan fingerprint density at radius 1 is 1.03 bits per heavy atom. The molecule has 1 aromatic rings. The van der Waals surface area contributed by atoms with E-state index in [9.17, 15) is 34.2 Å². The molecule has 0 saturated carbocycles. The van der Waals surface area contributed by atoms with Gasteiger partial charge >= 0.3 is 5.97 Å². The van der Waals surface area contributed by atoms with Crippen molar-refractivity contribution in [2.75, 3.05) is 6.54 Å². The maximum absolute atomic E-state index is 12.7. The summed E-state index contributed by atoms with van der Waals surface area (Å²) in [6.45, 7) is 0.563. The number of aliphatic carboxylic acids is 1. The number of nitrogens with two attached hydrogens (primary N) is 2. The average Bonchev–Trinajstić information content (AvgIpc) is 2.74. The first-order valence-corrected chi connectivity index (χ1v) is 10.0. The predicted octanol–water partition coefficient (Wildman–Crippen LogP) is -2.92. The van der Waals surface area contributed by atoms with Gasteiger partial charge in [-0.2, -0.15) is 0 Å². The Labute approximate surface area is 189 Å². The fraction of sp³-hybridized carbons (Fsp3) is 0.450. The van der Waals surface area contributed by atoms with Crippen molar-refractivity contribution in [2.24, 2.45) is 11.5 Å². The number of primary amides is 1. The van der Waals surface area contributed by atoms with E-state index in [0.717, 1.165) is 0 Å². The van der Waals surface area contributed by atoms with Crippen LogP contribution in [-0.2, 0) is 30.4 Å². The number of hydrogen-bond donors (Lipinski definition) is 8. The smallest absolute Gasteiger partial charge is 0.328 e. The number of hydrogen-bond acceptors (Lipinski definition) is 8. The molecule has 0 radical (unpaired) electrons. The lowest BCUT2D eigenvalue weighted by Crippen LogP contribution is -2.55. The van der Waals surface area contributed by atoms with Gasteiger partial charge in [-0.25, -0.2) is 4.79 Å². The number of nitrogens with one attached hydrogen (secondary N) is 3. The summed E-state index contributed by atoms with van der Waals surface area (Å²) in [5.41, 5.74) is 11.3. The third-order valence-electron chi connectivity index (χ3n) is 4.54. The van der Waals surface area contributed by atoms with E-state index >= 15 is 0 Å². The standard InChI is InChI=1S/C20H29N5O8/c1-10(26)17(20(32)33)25-16(29)9-23-19(31)14(8-11-2-4-12(27)5-3-11)24-18(30)13(21)6-7-15(22)28/h2-5,10,13-14,17,26-27H,6-9,21H2,1H3,(H2,22,28)(H,23,31)(H,24,30)(H,25,29)(H,32,33). The molecule has 4 amide bonds. The Bertz CT molecular complexity index is 859. The molecule has 0 aromatic heterocycles. The van der Waals surface area contributed by atoms with Crippen LogP contribution >= 0.6 is 0 Å². The Hall–Kier alpha value is -3.71. The number of carbonyl (C=O) groups excluding carboxylic acids is 4. The van der Waals surface area contributed by atoms with Crippen LogP contribution in [0.5, 0.6) is 5.75 Å². The number of carboxylic acids is 1. The van der Waals surface area contributed by atoms with Crippen molar-refractivity contribution in [2.45, 2.75) is 50.4 Å². The minimum atomic E-state index is -1.56. The van der Waals surface area contributed by atoms with E-state index in [-0.39, 0.29) is 25.0 Å². The molecule has 4 atom stereocenters. The molecule has 0 fully saturated rings. The number of rotatable bonds is 13. The van der Waals surface area contributed by atoms with Gasteiger partial charge in [0.15, 0.2) is 6.04 Å². The van der Waals surface area contributed by atoms with Crippen LogP contribution in [0.4, 0.5) is 0 Å². The molecule has 0 aliphatic rings. The molecular formula is C20H29N5O8. The fourth-order valence-corrected chi connectivity index (χ4v) is 2.69. The maximum Gasteiger partial charge on any atom is 0.328 e. The summed E-state index contributed by atoms with van der Waals surface area (Å²) in [7, 11) is 0. The van der Waals surface area contributed by atoms with Gasteiger partial charge in [0.1, 0.15) is 11.8 Å². The van der Waals surface area contributed by atoms with E-state index in [1.165, 1.54) is 31.2 Å². The first-order valence-electron chi connectivity index (χ1n) is 10.0. The summed E-state index contributed by atoms with van der Waals surface area (Å²) in [6.07, 6.45) is -1.55. The first-order chi connectivity index (χ1) is 15.4. The summed E-state index contributed by atoms with van der Waals surface area (Å²) >= 11 is 0. The average molecular weight is 467 g/mol. The molecule has 4 unspecified atom stereocenters. The lowest BCUT2D eigenvalue weighted by Gasteiger charge is -2.21. The highest BCUT2D eigenvalue weighted by Crippen LogP contribution is 2.11. The molecule has 13 heteroatoms. The van der Waals surface area contributed by atoms with Crippen LogP contribution in [0.25, 0.3) is 0 Å². The zero-order chi connectivity index (χ0) is 25.1. The summed E-state index contributed by atoms with van der Waals surface area (Å²) in [4.78, 5) is 59.0. The minimum absolute atomic E-state index is 0.0000264.